The van der Waals surface area contributed by atoms with E-state index >= 15 is 0 Å². The van der Waals surface area contributed by atoms with Gasteiger partial charge in [-0.2, -0.15) is 0 Å². The van der Waals surface area contributed by atoms with Crippen molar-refractivity contribution in [3.8, 4) is 0 Å². The van der Waals surface area contributed by atoms with Crippen LogP contribution in [0.1, 0.15) is 11.6 Å². The molecular weight excluding hydrogens is 244 g/mol. The summed E-state index contributed by atoms with van der Waals surface area (Å²) >= 11 is 0. The summed E-state index contributed by atoms with van der Waals surface area (Å²) < 4.78 is 7.00. The highest BCUT2D eigenvalue weighted by atomic mass is 16.6. The van der Waals surface area contributed by atoms with Crippen LogP contribution in [0.15, 0.2) is 42.7 Å². The molecule has 1 aliphatic rings. The van der Waals surface area contributed by atoms with Gasteiger partial charge in [0, 0.05) is 19.3 Å². The van der Waals surface area contributed by atoms with Crippen molar-refractivity contribution in [1.82, 2.24) is 19.9 Å². The molecule has 0 radical (unpaired) electrons. The molecule has 0 N–H and O–H groups in total. The number of rotatable bonds is 3. The number of aromatic nitrogens is 3. The van der Waals surface area contributed by atoms with E-state index < -0.39 is 0 Å². The predicted octanol–water partition coefficient (Wildman–Crippen LogP) is 1.47. The Morgan fingerprint density at radius 3 is 2.79 bits per heavy atom. The number of carbonyl (C=O) groups is 1. The van der Waals surface area contributed by atoms with Gasteiger partial charge in [0.1, 0.15) is 6.61 Å². The molecule has 1 saturated heterocycles. The normalized spacial score (nSPS) is 15.1. The fourth-order valence-electron chi connectivity index (χ4n) is 1.99. The standard InChI is InChI=1S/C13H14N4O2/c18-13(19-10-11-4-2-1-3-5-11)16-8-12(9-16)17-7-6-14-15-17/h1-7,12H,8-10H2. The Hall–Kier alpha value is -2.37. The van der Waals surface area contributed by atoms with Gasteiger partial charge in [0.25, 0.3) is 0 Å². The third kappa shape index (κ3) is 2.57. The molecule has 2 aromatic rings. The van der Waals surface area contributed by atoms with Crippen LogP contribution in [0.4, 0.5) is 4.79 Å². The van der Waals surface area contributed by atoms with Crippen LogP contribution in [0.3, 0.4) is 0 Å². The van der Waals surface area contributed by atoms with Crippen molar-refractivity contribution >= 4 is 6.09 Å². The number of ether oxygens (including phenoxy) is 1. The van der Waals surface area contributed by atoms with Gasteiger partial charge in [-0.05, 0) is 5.56 Å². The lowest BCUT2D eigenvalue weighted by Crippen LogP contribution is -2.51. The maximum atomic E-state index is 11.8. The Morgan fingerprint density at radius 2 is 2.11 bits per heavy atom. The average Bonchev–Trinajstić information content (AvgIpc) is 2.90. The molecule has 98 valence electrons. The SMILES string of the molecule is O=C(OCc1ccccc1)N1CC(n2ccnn2)C1. The third-order valence-corrected chi connectivity index (χ3v) is 3.14. The van der Waals surface area contributed by atoms with Gasteiger partial charge in [-0.15, -0.1) is 5.10 Å². The van der Waals surface area contributed by atoms with Crippen molar-refractivity contribution < 1.29 is 9.53 Å². The minimum atomic E-state index is -0.278. The summed E-state index contributed by atoms with van der Waals surface area (Å²) in [5.74, 6) is 0. The third-order valence-electron chi connectivity index (χ3n) is 3.14. The molecule has 0 saturated carbocycles. The van der Waals surface area contributed by atoms with E-state index in [4.69, 9.17) is 4.74 Å². The van der Waals surface area contributed by atoms with Crippen LogP contribution in [-0.2, 0) is 11.3 Å². The van der Waals surface area contributed by atoms with E-state index in [-0.39, 0.29) is 12.1 Å². The lowest BCUT2D eigenvalue weighted by molar-refractivity contribution is 0.0492. The number of nitrogens with zero attached hydrogens (tertiary/aromatic N) is 4. The van der Waals surface area contributed by atoms with Crippen LogP contribution in [0.5, 0.6) is 0 Å². The van der Waals surface area contributed by atoms with Crippen molar-refractivity contribution in [2.24, 2.45) is 0 Å². The Balaban J connectivity index is 1.46. The van der Waals surface area contributed by atoms with Gasteiger partial charge in [-0.3, -0.25) is 0 Å². The topological polar surface area (TPSA) is 60.2 Å². The molecule has 1 aliphatic heterocycles. The van der Waals surface area contributed by atoms with Crippen molar-refractivity contribution in [3.63, 3.8) is 0 Å². The molecular formula is C13H14N4O2. The predicted molar refractivity (Wildman–Crippen MR) is 67.3 cm³/mol. The molecule has 0 atom stereocenters. The van der Waals surface area contributed by atoms with Crippen molar-refractivity contribution in [1.29, 1.82) is 0 Å². The summed E-state index contributed by atoms with van der Waals surface area (Å²) in [5, 5.41) is 7.66. The van der Waals surface area contributed by atoms with E-state index in [2.05, 4.69) is 10.3 Å². The van der Waals surface area contributed by atoms with Crippen molar-refractivity contribution in [2.75, 3.05) is 13.1 Å². The van der Waals surface area contributed by atoms with Gasteiger partial charge in [0.15, 0.2) is 0 Å². The molecule has 0 unspecified atom stereocenters. The van der Waals surface area contributed by atoms with E-state index in [1.165, 1.54) is 0 Å². The second-order valence-corrected chi connectivity index (χ2v) is 4.48. The Kier molecular flexibility index (Phi) is 3.14. The molecule has 6 nitrogen and oxygen atoms in total. The minimum absolute atomic E-state index is 0.215. The lowest BCUT2D eigenvalue weighted by atomic mass is 10.1. The molecule has 19 heavy (non-hydrogen) atoms. The number of hydrogen-bond acceptors (Lipinski definition) is 4. The highest BCUT2D eigenvalue weighted by Crippen LogP contribution is 2.20. The van der Waals surface area contributed by atoms with E-state index in [0.717, 1.165) is 5.56 Å². The maximum Gasteiger partial charge on any atom is 0.410 e. The van der Waals surface area contributed by atoms with Crippen LogP contribution in [0.2, 0.25) is 0 Å². The fourth-order valence-corrected chi connectivity index (χ4v) is 1.99. The van der Waals surface area contributed by atoms with Gasteiger partial charge < -0.3 is 9.64 Å². The average molecular weight is 258 g/mol. The number of benzene rings is 1. The van der Waals surface area contributed by atoms with Crippen LogP contribution < -0.4 is 0 Å². The lowest BCUT2D eigenvalue weighted by Gasteiger charge is -2.37. The van der Waals surface area contributed by atoms with Gasteiger partial charge >= 0.3 is 6.09 Å². The maximum absolute atomic E-state index is 11.8. The second kappa shape index (κ2) is 5.09. The van der Waals surface area contributed by atoms with Crippen molar-refractivity contribution in [3.05, 3.63) is 48.3 Å². The molecule has 1 fully saturated rings. The zero-order valence-corrected chi connectivity index (χ0v) is 10.3. The summed E-state index contributed by atoms with van der Waals surface area (Å²) in [6, 6.07) is 9.86. The number of likely N-dealkylation sites (tertiary alicyclic amines) is 1. The Labute approximate surface area is 110 Å². The molecule has 3 rings (SSSR count). The zero-order valence-electron chi connectivity index (χ0n) is 10.3. The van der Waals surface area contributed by atoms with Crippen LogP contribution >= 0.6 is 0 Å². The Morgan fingerprint density at radius 1 is 1.32 bits per heavy atom. The summed E-state index contributed by atoms with van der Waals surface area (Å²) in [4.78, 5) is 13.4. The first-order chi connectivity index (χ1) is 9.33. The molecule has 2 heterocycles. The summed E-state index contributed by atoms with van der Waals surface area (Å²) in [6.45, 7) is 1.55. The monoisotopic (exact) mass is 258 g/mol. The summed E-state index contributed by atoms with van der Waals surface area (Å²) in [7, 11) is 0. The highest BCUT2D eigenvalue weighted by Gasteiger charge is 2.33. The Bertz CT molecular complexity index is 535. The van der Waals surface area contributed by atoms with E-state index in [9.17, 15) is 4.79 Å². The molecule has 1 aromatic carbocycles. The van der Waals surface area contributed by atoms with Crippen LogP contribution in [-0.4, -0.2) is 39.1 Å². The van der Waals surface area contributed by atoms with E-state index in [1.54, 1.807) is 22.0 Å². The first kappa shape index (κ1) is 11.7. The highest BCUT2D eigenvalue weighted by molar-refractivity contribution is 5.68. The molecule has 1 aromatic heterocycles. The van der Waals surface area contributed by atoms with Crippen molar-refractivity contribution in [2.45, 2.75) is 12.6 Å². The molecule has 0 bridgehead atoms. The number of carbonyl (C=O) groups excluding carboxylic acids is 1. The first-order valence-electron chi connectivity index (χ1n) is 6.14. The molecule has 6 heteroatoms. The summed E-state index contributed by atoms with van der Waals surface area (Å²) in [6.07, 6.45) is 3.16. The summed E-state index contributed by atoms with van der Waals surface area (Å²) in [5.41, 5.74) is 0.990. The molecule has 0 spiro atoms. The van der Waals surface area contributed by atoms with Gasteiger partial charge in [-0.25, -0.2) is 9.48 Å². The number of amides is 1. The fraction of sp³-hybridized carbons (Fsp3) is 0.308. The van der Waals surface area contributed by atoms with Gasteiger partial charge in [0.2, 0.25) is 0 Å². The minimum Gasteiger partial charge on any atom is -0.445 e. The van der Waals surface area contributed by atoms with Gasteiger partial charge in [0.05, 0.1) is 12.2 Å². The van der Waals surface area contributed by atoms with E-state index in [0.29, 0.717) is 19.7 Å². The zero-order chi connectivity index (χ0) is 13.1. The van der Waals surface area contributed by atoms with Crippen LogP contribution in [0, 0.1) is 0 Å². The van der Waals surface area contributed by atoms with Crippen LogP contribution in [0.25, 0.3) is 0 Å². The smallest absolute Gasteiger partial charge is 0.410 e. The molecule has 1 amide bonds. The molecule has 0 aliphatic carbocycles. The second-order valence-electron chi connectivity index (χ2n) is 4.48. The number of hydrogen-bond donors (Lipinski definition) is 0. The largest absolute Gasteiger partial charge is 0.445 e. The quantitative estimate of drug-likeness (QED) is 0.836. The van der Waals surface area contributed by atoms with E-state index in [1.807, 2.05) is 30.3 Å². The first-order valence-corrected chi connectivity index (χ1v) is 6.14. The van der Waals surface area contributed by atoms with Gasteiger partial charge in [-0.1, -0.05) is 35.5 Å².